The zero-order valence-electron chi connectivity index (χ0n) is 16.0. The summed E-state index contributed by atoms with van der Waals surface area (Å²) in [7, 11) is 0. The third-order valence-corrected chi connectivity index (χ3v) is 4.90. The van der Waals surface area contributed by atoms with Crippen molar-refractivity contribution in [2.45, 2.75) is 33.2 Å². The third kappa shape index (κ3) is 3.31. The van der Waals surface area contributed by atoms with E-state index in [-0.39, 0.29) is 0 Å². The van der Waals surface area contributed by atoms with Gasteiger partial charge in [0.25, 0.3) is 0 Å². The number of aromatic nitrogens is 3. The van der Waals surface area contributed by atoms with Crippen LogP contribution in [0.3, 0.4) is 0 Å². The number of hydrogen-bond donors (Lipinski definition) is 1. The van der Waals surface area contributed by atoms with Gasteiger partial charge in [0.2, 0.25) is 0 Å². The first-order chi connectivity index (χ1) is 13.2. The van der Waals surface area contributed by atoms with Gasteiger partial charge >= 0.3 is 0 Å². The standard InChI is InChI=1S/C23H24N4/c1-4-16(2)24-21-15-20(18-11-7-5-8-12-18)25-23-22(17(3)26-27(21)23)19-13-9-6-10-14-19/h5-16,24H,4H2,1-3H3. The molecule has 0 aliphatic carbocycles. The van der Waals surface area contributed by atoms with Crippen molar-refractivity contribution in [1.29, 1.82) is 0 Å². The van der Waals surface area contributed by atoms with Crippen LogP contribution in [-0.2, 0) is 0 Å². The Balaban J connectivity index is 1.98. The van der Waals surface area contributed by atoms with Crippen molar-refractivity contribution in [3.63, 3.8) is 0 Å². The van der Waals surface area contributed by atoms with E-state index in [9.17, 15) is 0 Å². The molecular weight excluding hydrogens is 332 g/mol. The van der Waals surface area contributed by atoms with Crippen LogP contribution in [0.2, 0.25) is 0 Å². The molecule has 2 heterocycles. The number of anilines is 1. The van der Waals surface area contributed by atoms with E-state index in [2.05, 4.69) is 61.6 Å². The summed E-state index contributed by atoms with van der Waals surface area (Å²) in [5.41, 5.74) is 6.13. The van der Waals surface area contributed by atoms with Gasteiger partial charge in [0, 0.05) is 23.2 Å². The van der Waals surface area contributed by atoms with E-state index in [1.54, 1.807) is 0 Å². The molecule has 0 saturated carbocycles. The molecule has 0 spiro atoms. The second-order valence-electron chi connectivity index (χ2n) is 6.91. The van der Waals surface area contributed by atoms with Crippen LogP contribution in [0.1, 0.15) is 26.0 Å². The van der Waals surface area contributed by atoms with Crippen LogP contribution < -0.4 is 5.32 Å². The fourth-order valence-electron chi connectivity index (χ4n) is 3.28. The summed E-state index contributed by atoms with van der Waals surface area (Å²) in [4.78, 5) is 5.00. The molecule has 2 aromatic heterocycles. The Morgan fingerprint density at radius 2 is 1.59 bits per heavy atom. The maximum Gasteiger partial charge on any atom is 0.166 e. The first-order valence-corrected chi connectivity index (χ1v) is 9.45. The van der Waals surface area contributed by atoms with Crippen LogP contribution >= 0.6 is 0 Å². The number of fused-ring (bicyclic) bond motifs is 1. The molecule has 0 amide bonds. The predicted molar refractivity (Wildman–Crippen MR) is 112 cm³/mol. The zero-order valence-corrected chi connectivity index (χ0v) is 16.0. The molecule has 2 aromatic carbocycles. The number of nitrogens with one attached hydrogen (secondary N) is 1. The summed E-state index contributed by atoms with van der Waals surface area (Å²) in [5, 5.41) is 8.40. The summed E-state index contributed by atoms with van der Waals surface area (Å²) < 4.78 is 1.94. The van der Waals surface area contributed by atoms with E-state index < -0.39 is 0 Å². The van der Waals surface area contributed by atoms with Crippen molar-refractivity contribution in [3.05, 3.63) is 72.4 Å². The normalized spacial score (nSPS) is 12.3. The molecule has 0 bridgehead atoms. The summed E-state index contributed by atoms with van der Waals surface area (Å²) in [6, 6.07) is 23.1. The molecule has 0 aliphatic heterocycles. The van der Waals surface area contributed by atoms with E-state index in [0.29, 0.717) is 6.04 Å². The van der Waals surface area contributed by atoms with Crippen molar-refractivity contribution in [2.75, 3.05) is 5.32 Å². The Hall–Kier alpha value is -3.14. The molecular formula is C23H24N4. The van der Waals surface area contributed by atoms with Crippen LogP contribution in [0.5, 0.6) is 0 Å². The van der Waals surface area contributed by atoms with Crippen molar-refractivity contribution in [1.82, 2.24) is 14.6 Å². The lowest BCUT2D eigenvalue weighted by Crippen LogP contribution is -2.16. The molecule has 4 rings (SSSR count). The molecule has 4 aromatic rings. The molecule has 4 heteroatoms. The Morgan fingerprint density at radius 3 is 2.22 bits per heavy atom. The van der Waals surface area contributed by atoms with Crippen LogP contribution in [-0.4, -0.2) is 20.6 Å². The average molecular weight is 356 g/mol. The lowest BCUT2D eigenvalue weighted by molar-refractivity contribution is 0.748. The summed E-state index contributed by atoms with van der Waals surface area (Å²) >= 11 is 0. The first kappa shape index (κ1) is 17.3. The van der Waals surface area contributed by atoms with E-state index in [1.807, 2.05) is 35.7 Å². The van der Waals surface area contributed by atoms with Crippen molar-refractivity contribution in [3.8, 4) is 22.4 Å². The van der Waals surface area contributed by atoms with Gasteiger partial charge in [-0.2, -0.15) is 9.61 Å². The highest BCUT2D eigenvalue weighted by Crippen LogP contribution is 2.31. The Labute approximate surface area is 159 Å². The van der Waals surface area contributed by atoms with Gasteiger partial charge in [-0.15, -0.1) is 0 Å². The minimum Gasteiger partial charge on any atom is -0.367 e. The molecule has 4 nitrogen and oxygen atoms in total. The smallest absolute Gasteiger partial charge is 0.166 e. The Morgan fingerprint density at radius 1 is 0.963 bits per heavy atom. The van der Waals surface area contributed by atoms with Crippen LogP contribution in [0.25, 0.3) is 28.0 Å². The first-order valence-electron chi connectivity index (χ1n) is 9.45. The molecule has 0 saturated heterocycles. The van der Waals surface area contributed by atoms with Crippen molar-refractivity contribution >= 4 is 11.5 Å². The maximum absolute atomic E-state index is 5.00. The predicted octanol–water partition coefficient (Wildman–Crippen LogP) is 5.58. The van der Waals surface area contributed by atoms with E-state index in [1.165, 1.54) is 0 Å². The number of hydrogen-bond acceptors (Lipinski definition) is 3. The van der Waals surface area contributed by atoms with Gasteiger partial charge in [-0.25, -0.2) is 4.98 Å². The number of aryl methyl sites for hydroxylation is 1. The Kier molecular flexibility index (Phi) is 4.63. The molecule has 0 radical (unpaired) electrons. The third-order valence-electron chi connectivity index (χ3n) is 4.90. The molecule has 0 aliphatic rings. The summed E-state index contributed by atoms with van der Waals surface area (Å²) in [6.07, 6.45) is 1.04. The van der Waals surface area contributed by atoms with Gasteiger partial charge in [0.05, 0.1) is 11.4 Å². The molecule has 1 atom stereocenters. The minimum absolute atomic E-state index is 0.351. The van der Waals surface area contributed by atoms with Gasteiger partial charge in [-0.1, -0.05) is 67.6 Å². The Bertz CT molecular complexity index is 1050. The summed E-state index contributed by atoms with van der Waals surface area (Å²) in [5.74, 6) is 0.971. The molecule has 136 valence electrons. The highest BCUT2D eigenvalue weighted by atomic mass is 15.3. The van der Waals surface area contributed by atoms with Gasteiger partial charge in [-0.3, -0.25) is 0 Å². The average Bonchev–Trinajstić information content (AvgIpc) is 3.05. The van der Waals surface area contributed by atoms with E-state index >= 15 is 0 Å². The lowest BCUT2D eigenvalue weighted by Gasteiger charge is -2.15. The van der Waals surface area contributed by atoms with Gasteiger partial charge < -0.3 is 5.32 Å². The molecule has 1 N–H and O–H groups in total. The van der Waals surface area contributed by atoms with Crippen molar-refractivity contribution in [2.24, 2.45) is 0 Å². The topological polar surface area (TPSA) is 42.2 Å². The largest absolute Gasteiger partial charge is 0.367 e. The molecule has 1 unspecified atom stereocenters. The fraction of sp³-hybridized carbons (Fsp3) is 0.217. The highest BCUT2D eigenvalue weighted by molar-refractivity contribution is 5.82. The molecule has 0 fully saturated rings. The fourth-order valence-corrected chi connectivity index (χ4v) is 3.28. The highest BCUT2D eigenvalue weighted by Gasteiger charge is 2.17. The SMILES string of the molecule is CCC(C)Nc1cc(-c2ccccc2)nc2c(-c3ccccc3)c(C)nn12. The monoisotopic (exact) mass is 356 g/mol. The molecule has 27 heavy (non-hydrogen) atoms. The second-order valence-corrected chi connectivity index (χ2v) is 6.91. The van der Waals surface area contributed by atoms with E-state index in [4.69, 9.17) is 10.1 Å². The van der Waals surface area contributed by atoms with Crippen LogP contribution in [0.4, 0.5) is 5.82 Å². The van der Waals surface area contributed by atoms with Crippen molar-refractivity contribution < 1.29 is 0 Å². The van der Waals surface area contributed by atoms with Crippen LogP contribution in [0, 0.1) is 6.92 Å². The van der Waals surface area contributed by atoms with Gasteiger partial charge in [0.1, 0.15) is 5.82 Å². The minimum atomic E-state index is 0.351. The lowest BCUT2D eigenvalue weighted by atomic mass is 10.1. The number of rotatable bonds is 5. The quantitative estimate of drug-likeness (QED) is 0.507. The number of benzene rings is 2. The summed E-state index contributed by atoms with van der Waals surface area (Å²) in [6.45, 7) is 6.41. The number of nitrogens with zero attached hydrogens (tertiary/aromatic N) is 3. The van der Waals surface area contributed by atoms with Gasteiger partial charge in [-0.05, 0) is 25.8 Å². The van der Waals surface area contributed by atoms with Crippen LogP contribution in [0.15, 0.2) is 66.7 Å². The second kappa shape index (κ2) is 7.23. The zero-order chi connectivity index (χ0) is 18.8. The maximum atomic E-state index is 5.00. The van der Waals surface area contributed by atoms with Gasteiger partial charge in [0.15, 0.2) is 5.65 Å². The van der Waals surface area contributed by atoms with E-state index in [0.717, 1.165) is 46.0 Å².